The molecule has 0 unspecified atom stereocenters. The molecule has 0 bridgehead atoms. The summed E-state index contributed by atoms with van der Waals surface area (Å²) in [6.45, 7) is 4.46. The molecule has 22 heteroatoms. The molecule has 0 aliphatic carbocycles. The summed E-state index contributed by atoms with van der Waals surface area (Å²) in [5.41, 5.74) is 0. The minimum Gasteiger partial charge on any atom is -0.442 e. The quantitative estimate of drug-likeness (QED) is 0.179. The second-order valence-corrected chi connectivity index (χ2v) is 6.80. The molecular weight excluding hydrogens is 605 g/mol. The van der Waals surface area contributed by atoms with E-state index in [9.17, 15) is 34.5 Å². The summed E-state index contributed by atoms with van der Waals surface area (Å²) in [5.74, 6) is 2.15. The number of hydrogen-bond acceptors (Lipinski definition) is 7. The Hall–Kier alpha value is -3.36. The van der Waals surface area contributed by atoms with E-state index < -0.39 is 14.5 Å². The Morgan fingerprint density at radius 3 is 1.43 bits per heavy atom. The van der Waals surface area contributed by atoms with Gasteiger partial charge in [0.15, 0.2) is 0 Å². The van der Waals surface area contributed by atoms with Gasteiger partial charge >= 0.3 is 31.3 Å². The van der Waals surface area contributed by atoms with Crippen LogP contribution in [0, 0.1) is 0 Å². The molecule has 0 spiro atoms. The number of nitrogens with one attached hydrogen (secondary N) is 2. The van der Waals surface area contributed by atoms with E-state index in [0.29, 0.717) is 25.5 Å². The number of halogens is 8. The van der Waals surface area contributed by atoms with E-state index in [1.807, 2.05) is 0 Å². The number of aromatic amines is 2. The van der Waals surface area contributed by atoms with E-state index in [1.165, 1.54) is 0 Å². The Morgan fingerprint density at radius 1 is 0.700 bits per heavy atom. The smallest absolute Gasteiger partial charge is 0.442 e. The van der Waals surface area contributed by atoms with Crippen LogP contribution in [0.3, 0.4) is 0 Å². The van der Waals surface area contributed by atoms with Crippen LogP contribution in [0.5, 0.6) is 0 Å². The molecule has 0 aliphatic rings. The van der Waals surface area contributed by atoms with Crippen LogP contribution in [0.2, 0.25) is 0 Å². The van der Waals surface area contributed by atoms with Crippen molar-refractivity contribution in [3.63, 3.8) is 0 Å². The third-order valence-electron chi connectivity index (χ3n) is 3.79. The molecule has 224 valence electrons. The van der Waals surface area contributed by atoms with Crippen LogP contribution in [-0.4, -0.2) is 108 Å². The molecule has 3 aromatic heterocycles. The van der Waals surface area contributed by atoms with Crippen molar-refractivity contribution in [2.75, 3.05) is 39.3 Å². The van der Waals surface area contributed by atoms with Gasteiger partial charge in [0.25, 0.3) is 0 Å². The molecule has 0 saturated heterocycles. The van der Waals surface area contributed by atoms with Gasteiger partial charge in [-0.05, 0) is 5.82 Å². The summed E-state index contributed by atoms with van der Waals surface area (Å²) in [7, 11) is -12.0. The number of imidazole rings is 3. The maximum Gasteiger partial charge on any atom is 3.00 e. The van der Waals surface area contributed by atoms with Crippen molar-refractivity contribution >= 4 is 33.2 Å². The van der Waals surface area contributed by atoms with Crippen molar-refractivity contribution in [3.8, 4) is 0 Å². The topological polar surface area (TPSA) is 156 Å². The van der Waals surface area contributed by atoms with Gasteiger partial charge in [-0.15, -0.1) is 0 Å². The summed E-state index contributed by atoms with van der Waals surface area (Å²) in [6, 6.07) is 0. The van der Waals surface area contributed by atoms with Crippen LogP contribution >= 0.6 is 0 Å². The zero-order chi connectivity index (χ0) is 28.3. The monoisotopic (exact) mass is 630 g/mol. The van der Waals surface area contributed by atoms with Gasteiger partial charge in [-0.2, -0.15) is 0 Å². The van der Waals surface area contributed by atoms with E-state index in [1.54, 1.807) is 55.8 Å². The molecule has 3 aromatic rings. The van der Waals surface area contributed by atoms with E-state index in [0.717, 1.165) is 31.3 Å². The van der Waals surface area contributed by atoms with Crippen LogP contribution in [0.4, 0.5) is 34.5 Å². The first-order chi connectivity index (χ1) is 17.9. The number of aliphatic imine (C=N–C) groups is 3. The Morgan fingerprint density at radius 2 is 1.10 bits per heavy atom. The zero-order valence-corrected chi connectivity index (χ0v) is 21.6. The molecule has 3 rings (SSSR count). The van der Waals surface area contributed by atoms with Gasteiger partial charge in [0.05, 0.1) is 32.1 Å². The van der Waals surface area contributed by atoms with Crippen LogP contribution in [0.25, 0.3) is 0 Å². The first-order valence-corrected chi connectivity index (χ1v) is 10.8. The standard InChI is InChI=1S/C18H23N10.2BF4.Co.H2O/c1-2-23-16(22-1)13-19-7-10-28(11-8-20-14-17-24-3-4-25-17)12-9-21-15-18-26-5-6-27-18;2*2-1(3,4)5;;/h1-6,13-15H,7-12H2,(H2-,22,23,24,25,26,27);;;;1H2/q3*-1;+3;. The zero-order valence-electron chi connectivity index (χ0n) is 20.5. The third-order valence-corrected chi connectivity index (χ3v) is 3.79. The number of aromatic nitrogens is 6. The first kappa shape index (κ1) is 38.8. The van der Waals surface area contributed by atoms with E-state index in [-0.39, 0.29) is 22.3 Å². The summed E-state index contributed by atoms with van der Waals surface area (Å²) in [6.07, 6.45) is 15.5. The van der Waals surface area contributed by atoms with Crippen molar-refractivity contribution < 1.29 is 56.8 Å². The fraction of sp³-hybridized carbons (Fsp3) is 0.333. The molecule has 0 aliphatic heterocycles. The summed E-state index contributed by atoms with van der Waals surface area (Å²) < 4.78 is 78.0. The largest absolute Gasteiger partial charge is 3.00 e. The maximum atomic E-state index is 9.75. The minimum absolute atomic E-state index is 0. The Labute approximate surface area is 233 Å². The number of rotatable bonds is 12. The molecule has 11 nitrogen and oxygen atoms in total. The van der Waals surface area contributed by atoms with Crippen molar-refractivity contribution in [3.05, 3.63) is 54.7 Å². The average molecular weight is 630 g/mol. The van der Waals surface area contributed by atoms with Gasteiger partial charge in [-0.3, -0.25) is 19.9 Å². The molecule has 40 heavy (non-hydrogen) atoms. The maximum absolute atomic E-state index is 9.75. The van der Waals surface area contributed by atoms with Gasteiger partial charge in [-0.25, -0.2) is 9.97 Å². The first-order valence-electron chi connectivity index (χ1n) is 10.8. The van der Waals surface area contributed by atoms with Gasteiger partial charge in [0.2, 0.25) is 0 Å². The van der Waals surface area contributed by atoms with Crippen LogP contribution in [0.1, 0.15) is 17.5 Å². The molecule has 0 radical (unpaired) electrons. The van der Waals surface area contributed by atoms with Crippen LogP contribution < -0.4 is 4.98 Å². The van der Waals surface area contributed by atoms with Gasteiger partial charge in [0, 0.05) is 50.6 Å². The molecule has 0 aromatic carbocycles. The average Bonchev–Trinajstić information content (AvgIpc) is 3.58. The number of hydrogen-bond donors (Lipinski definition) is 2. The molecule has 0 atom stereocenters. The molecule has 3 heterocycles. The summed E-state index contributed by atoms with van der Waals surface area (Å²) in [4.78, 5) is 37.9. The fourth-order valence-electron chi connectivity index (χ4n) is 2.40. The molecular formula is C18H25B2CoF8N10O. The van der Waals surface area contributed by atoms with Gasteiger partial charge in [-0.1, -0.05) is 12.4 Å². The normalized spacial score (nSPS) is 11.6. The van der Waals surface area contributed by atoms with Crippen LogP contribution in [-0.2, 0) is 16.8 Å². The SMILES string of the molecule is C(=NCCN(CCN=Cc1ncc[nH]1)CCN=Cc1ncc[nH]1)c1ncc[n-]1.F[B-](F)(F)F.F[B-](F)(F)F.O.[Co+3]. The number of H-pyrrole nitrogens is 2. The van der Waals surface area contributed by atoms with E-state index in [2.05, 4.69) is 49.8 Å². The third kappa shape index (κ3) is 26.3. The van der Waals surface area contributed by atoms with E-state index in [4.69, 9.17) is 0 Å². The predicted molar refractivity (Wildman–Crippen MR) is 133 cm³/mol. The minimum atomic E-state index is -6.00. The van der Waals surface area contributed by atoms with Crippen molar-refractivity contribution in [1.82, 2.24) is 34.8 Å². The van der Waals surface area contributed by atoms with Crippen LogP contribution in [0.15, 0.2) is 52.2 Å². The predicted octanol–water partition coefficient (Wildman–Crippen LogP) is 2.22. The molecule has 0 saturated carbocycles. The molecule has 4 N–H and O–H groups in total. The van der Waals surface area contributed by atoms with Crippen molar-refractivity contribution in [2.45, 2.75) is 0 Å². The molecule has 0 amide bonds. The second kappa shape index (κ2) is 21.5. The van der Waals surface area contributed by atoms with Gasteiger partial charge < -0.3 is 59.9 Å². The fourth-order valence-corrected chi connectivity index (χ4v) is 2.40. The van der Waals surface area contributed by atoms with Gasteiger partial charge in [0.1, 0.15) is 11.6 Å². The number of nitrogens with zero attached hydrogens (tertiary/aromatic N) is 8. The van der Waals surface area contributed by atoms with E-state index >= 15 is 0 Å². The van der Waals surface area contributed by atoms with Crippen molar-refractivity contribution in [2.24, 2.45) is 15.0 Å². The summed E-state index contributed by atoms with van der Waals surface area (Å²) in [5, 5.41) is 0. The Balaban J connectivity index is 0. The summed E-state index contributed by atoms with van der Waals surface area (Å²) >= 11 is 0. The Kier molecular flexibility index (Phi) is 20.8. The molecule has 0 fully saturated rings. The van der Waals surface area contributed by atoms with Crippen molar-refractivity contribution in [1.29, 1.82) is 0 Å². The second-order valence-electron chi connectivity index (χ2n) is 6.80. The Bertz CT molecular complexity index is 911.